The molecule has 8 nitrogen and oxygen atoms in total. The minimum atomic E-state index is -3.56. The van der Waals surface area contributed by atoms with Crippen molar-refractivity contribution in [1.82, 2.24) is 20.3 Å². The van der Waals surface area contributed by atoms with Crippen molar-refractivity contribution in [3.05, 3.63) is 16.5 Å². The van der Waals surface area contributed by atoms with Gasteiger partial charge in [0.15, 0.2) is 5.96 Å². The number of aliphatic imine (C=N–C) groups is 1. The molecule has 1 atom stereocenters. The van der Waals surface area contributed by atoms with Gasteiger partial charge >= 0.3 is 0 Å². The first-order valence-corrected chi connectivity index (χ1v) is 11.6. The van der Waals surface area contributed by atoms with Gasteiger partial charge in [-0.1, -0.05) is 18.5 Å². The third-order valence-electron chi connectivity index (χ3n) is 4.02. The van der Waals surface area contributed by atoms with E-state index < -0.39 is 10.0 Å². The van der Waals surface area contributed by atoms with Gasteiger partial charge in [-0.15, -0.1) is 35.3 Å². The van der Waals surface area contributed by atoms with Crippen molar-refractivity contribution in [2.45, 2.75) is 36.9 Å². The molecule has 0 bridgehead atoms. The maximum absolute atomic E-state index is 12.1. The summed E-state index contributed by atoms with van der Waals surface area (Å²) < 4.78 is 27.4. The molecule has 2 heterocycles. The van der Waals surface area contributed by atoms with E-state index in [2.05, 4.69) is 20.3 Å². The number of nitrogens with zero attached hydrogens (tertiary/aromatic N) is 2. The van der Waals surface area contributed by atoms with Crippen LogP contribution in [0.2, 0.25) is 4.34 Å². The zero-order valence-corrected chi connectivity index (χ0v) is 20.6. The van der Waals surface area contributed by atoms with Crippen LogP contribution in [0.1, 0.15) is 26.7 Å². The number of nitrogens with one attached hydrogen (secondary N) is 3. The van der Waals surface area contributed by atoms with Gasteiger partial charge in [0.25, 0.3) is 0 Å². The molecule has 160 valence electrons. The first-order valence-electron chi connectivity index (χ1n) is 8.93. The largest absolute Gasteiger partial charge is 0.357 e. The van der Waals surface area contributed by atoms with Crippen LogP contribution in [-0.4, -0.2) is 64.0 Å². The maximum atomic E-state index is 12.1. The molecule has 0 aliphatic carbocycles. The summed E-state index contributed by atoms with van der Waals surface area (Å²) in [7, 11) is -3.56. The van der Waals surface area contributed by atoms with Crippen LogP contribution in [0.3, 0.4) is 0 Å². The van der Waals surface area contributed by atoms with Crippen LogP contribution in [0.25, 0.3) is 0 Å². The highest BCUT2D eigenvalue weighted by atomic mass is 127. The molecule has 0 radical (unpaired) electrons. The Morgan fingerprint density at radius 3 is 2.75 bits per heavy atom. The third-order valence-corrected chi connectivity index (χ3v) is 7.20. The van der Waals surface area contributed by atoms with Crippen LogP contribution in [-0.2, 0) is 14.8 Å². The van der Waals surface area contributed by atoms with Gasteiger partial charge in [0.2, 0.25) is 15.9 Å². The summed E-state index contributed by atoms with van der Waals surface area (Å²) in [5.41, 5.74) is 0. The lowest BCUT2D eigenvalue weighted by molar-refractivity contribution is -0.129. The number of halogens is 2. The second-order valence-electron chi connectivity index (χ2n) is 6.04. The SMILES string of the molecule is CCNC(=NCCNS(=O)(=O)c1ccc(Cl)s1)NC1CCN(C(=O)CC)C1.I. The predicted molar refractivity (Wildman–Crippen MR) is 124 cm³/mol. The van der Waals surface area contributed by atoms with Crippen molar-refractivity contribution < 1.29 is 13.2 Å². The van der Waals surface area contributed by atoms with E-state index >= 15 is 0 Å². The Balaban J connectivity index is 0.00000392. The topological polar surface area (TPSA) is 103 Å². The fraction of sp³-hybridized carbons (Fsp3) is 0.625. The van der Waals surface area contributed by atoms with Gasteiger partial charge in [-0.2, -0.15) is 0 Å². The number of hydrogen-bond acceptors (Lipinski definition) is 5. The molecular weight excluding hydrogens is 537 g/mol. The Kier molecular flexibility index (Phi) is 11.0. The van der Waals surface area contributed by atoms with Crippen LogP contribution < -0.4 is 15.4 Å². The monoisotopic (exact) mass is 563 g/mol. The summed E-state index contributed by atoms with van der Waals surface area (Å²) in [6, 6.07) is 3.18. The predicted octanol–water partition coefficient (Wildman–Crippen LogP) is 1.86. The molecule has 1 aromatic heterocycles. The molecule has 2 rings (SSSR count). The summed E-state index contributed by atoms with van der Waals surface area (Å²) in [4.78, 5) is 18.0. The number of hydrogen-bond donors (Lipinski definition) is 3. The highest BCUT2D eigenvalue weighted by molar-refractivity contribution is 14.0. The molecule has 1 saturated heterocycles. The highest BCUT2D eigenvalue weighted by Gasteiger charge is 2.25. The van der Waals surface area contributed by atoms with E-state index in [0.29, 0.717) is 29.8 Å². The van der Waals surface area contributed by atoms with Crippen molar-refractivity contribution in [3.8, 4) is 0 Å². The first-order chi connectivity index (χ1) is 12.9. The molecular formula is C16H27ClIN5O3S2. The molecule has 0 spiro atoms. The Morgan fingerprint density at radius 1 is 1.39 bits per heavy atom. The smallest absolute Gasteiger partial charge is 0.250 e. The number of rotatable bonds is 8. The second kappa shape index (κ2) is 12.2. The number of guanidine groups is 1. The van der Waals surface area contributed by atoms with Crippen LogP contribution in [0.4, 0.5) is 0 Å². The number of carbonyl (C=O) groups excluding carboxylic acids is 1. The molecule has 1 aliphatic heterocycles. The summed E-state index contributed by atoms with van der Waals surface area (Å²) in [5.74, 6) is 0.774. The maximum Gasteiger partial charge on any atom is 0.250 e. The molecule has 3 N–H and O–H groups in total. The summed E-state index contributed by atoms with van der Waals surface area (Å²) in [6.45, 7) is 6.38. The first kappa shape index (κ1) is 25.4. The Hall–Kier alpha value is -0.630. The fourth-order valence-corrected chi connectivity index (χ4v) is 5.25. The minimum absolute atomic E-state index is 0. The van der Waals surface area contributed by atoms with E-state index in [0.717, 1.165) is 24.3 Å². The van der Waals surface area contributed by atoms with Crippen molar-refractivity contribution in [2.75, 3.05) is 32.7 Å². The van der Waals surface area contributed by atoms with E-state index in [1.54, 1.807) is 6.07 Å². The third kappa shape index (κ3) is 7.65. The molecule has 0 saturated carbocycles. The molecule has 1 amide bonds. The van der Waals surface area contributed by atoms with Gasteiger partial charge in [-0.05, 0) is 25.5 Å². The van der Waals surface area contributed by atoms with E-state index in [4.69, 9.17) is 11.6 Å². The normalized spacial score (nSPS) is 17.3. The van der Waals surface area contributed by atoms with Gasteiger partial charge in [0.1, 0.15) is 4.21 Å². The molecule has 1 aromatic rings. The molecule has 28 heavy (non-hydrogen) atoms. The quantitative estimate of drug-likeness (QED) is 0.194. The lowest BCUT2D eigenvalue weighted by Crippen LogP contribution is -2.45. The molecule has 1 aliphatic rings. The Morgan fingerprint density at radius 2 is 2.14 bits per heavy atom. The molecule has 12 heteroatoms. The van der Waals surface area contributed by atoms with Gasteiger partial charge in [-0.3, -0.25) is 9.79 Å². The summed E-state index contributed by atoms with van der Waals surface area (Å²) in [6.07, 6.45) is 1.37. The minimum Gasteiger partial charge on any atom is -0.357 e. The van der Waals surface area contributed by atoms with Gasteiger partial charge in [0.05, 0.1) is 10.9 Å². The van der Waals surface area contributed by atoms with E-state index in [9.17, 15) is 13.2 Å². The number of carbonyl (C=O) groups is 1. The molecule has 0 aromatic carbocycles. The van der Waals surface area contributed by atoms with E-state index in [1.807, 2.05) is 18.7 Å². The van der Waals surface area contributed by atoms with Crippen LogP contribution in [0, 0.1) is 0 Å². The fourth-order valence-electron chi connectivity index (χ4n) is 2.70. The number of likely N-dealkylation sites (tertiary alicyclic amines) is 1. The Labute approximate surface area is 192 Å². The van der Waals surface area contributed by atoms with Crippen molar-refractivity contribution >= 4 is 68.8 Å². The van der Waals surface area contributed by atoms with Gasteiger partial charge in [0, 0.05) is 38.6 Å². The van der Waals surface area contributed by atoms with E-state index in [1.165, 1.54) is 6.07 Å². The zero-order chi connectivity index (χ0) is 19.9. The number of thiophene rings is 1. The highest BCUT2D eigenvalue weighted by Crippen LogP contribution is 2.25. The lowest BCUT2D eigenvalue weighted by atomic mass is 10.3. The average molecular weight is 564 g/mol. The van der Waals surface area contributed by atoms with Gasteiger partial charge in [-0.25, -0.2) is 13.1 Å². The lowest BCUT2D eigenvalue weighted by Gasteiger charge is -2.18. The number of amides is 1. The van der Waals surface area contributed by atoms with Crippen molar-refractivity contribution in [2.24, 2.45) is 4.99 Å². The number of sulfonamides is 1. The van der Waals surface area contributed by atoms with Crippen molar-refractivity contribution in [3.63, 3.8) is 0 Å². The van der Waals surface area contributed by atoms with Gasteiger partial charge < -0.3 is 15.5 Å². The van der Waals surface area contributed by atoms with E-state index in [-0.39, 0.29) is 53.2 Å². The van der Waals surface area contributed by atoms with Crippen LogP contribution >= 0.6 is 46.9 Å². The Bertz CT molecular complexity index is 772. The standard InChI is InChI=1S/C16H26ClN5O3S2.HI/c1-3-14(23)22-10-7-12(11-22)21-16(18-4-2)19-8-9-20-27(24,25)15-6-5-13(17)26-15;/h5-6,12,20H,3-4,7-11H2,1-2H3,(H2,18,19,21);1H. The summed E-state index contributed by atoms with van der Waals surface area (Å²) >= 11 is 6.80. The summed E-state index contributed by atoms with van der Waals surface area (Å²) in [5, 5.41) is 6.45. The van der Waals surface area contributed by atoms with Crippen LogP contribution in [0.15, 0.2) is 21.3 Å². The second-order valence-corrected chi connectivity index (χ2v) is 9.75. The zero-order valence-electron chi connectivity index (χ0n) is 15.9. The van der Waals surface area contributed by atoms with Crippen molar-refractivity contribution in [1.29, 1.82) is 0 Å². The van der Waals surface area contributed by atoms with Crippen LogP contribution in [0.5, 0.6) is 0 Å². The average Bonchev–Trinajstić information content (AvgIpc) is 3.27. The molecule has 1 fully saturated rings. The molecule has 1 unspecified atom stereocenters.